The fourth-order valence-corrected chi connectivity index (χ4v) is 9.39. The Morgan fingerprint density at radius 3 is 2.30 bits per heavy atom. The molecule has 4 aliphatic rings. The Hall–Kier alpha value is -6.83. The van der Waals surface area contributed by atoms with Gasteiger partial charge in [0.15, 0.2) is 5.60 Å². The van der Waals surface area contributed by atoms with Crippen LogP contribution in [-0.2, 0) is 73.0 Å². The number of rotatable bonds is 16. The average molecular weight is 956 g/mol. The van der Waals surface area contributed by atoms with Gasteiger partial charge in [-0.1, -0.05) is 20.8 Å². The molecular formula is C49H58FN7O12. The quantitative estimate of drug-likeness (QED) is 0.0800. The van der Waals surface area contributed by atoms with Crippen molar-refractivity contribution < 1.29 is 57.3 Å². The molecule has 368 valence electrons. The van der Waals surface area contributed by atoms with Gasteiger partial charge in [0, 0.05) is 54.1 Å². The molecule has 1 aliphatic carbocycles. The van der Waals surface area contributed by atoms with Gasteiger partial charge < -0.3 is 40.4 Å². The first kappa shape index (κ1) is 50.1. The molecule has 0 saturated heterocycles. The van der Waals surface area contributed by atoms with Crippen molar-refractivity contribution in [3.8, 4) is 11.4 Å². The van der Waals surface area contributed by atoms with Crippen molar-refractivity contribution in [1.29, 1.82) is 0 Å². The van der Waals surface area contributed by atoms with Gasteiger partial charge in [0.25, 0.3) is 17.4 Å². The topological polar surface area (TPSA) is 262 Å². The molecule has 0 unspecified atom stereocenters. The van der Waals surface area contributed by atoms with Gasteiger partial charge in [0.2, 0.25) is 23.6 Å². The number of esters is 2. The molecule has 0 fully saturated rings. The molecule has 3 aromatic rings. The number of aryl methyl sites for hydroxylation is 1. The number of carbonyl (C=O) groups is 8. The lowest BCUT2D eigenvalue weighted by Crippen LogP contribution is -2.58. The van der Waals surface area contributed by atoms with Crippen molar-refractivity contribution >= 4 is 58.3 Å². The highest BCUT2D eigenvalue weighted by molar-refractivity contribution is 6.12. The predicted molar refractivity (Wildman–Crippen MR) is 245 cm³/mol. The fraction of sp³-hybridized carbons (Fsp3) is 0.510. The number of cyclic esters (lactones) is 1. The van der Waals surface area contributed by atoms with E-state index in [4.69, 9.17) is 14.5 Å². The zero-order valence-corrected chi connectivity index (χ0v) is 39.9. The van der Waals surface area contributed by atoms with E-state index in [2.05, 4.69) is 21.3 Å². The van der Waals surface area contributed by atoms with E-state index in [1.807, 2.05) is 0 Å². The standard InChI is InChI=1S/C49H58FN7O12/c1-9-49(67)29-19-34-42-27(21-57(34)46(65)28(29)22-68-47(49)66)40-31(13-12-26-24(4)30(50)20-33(53-42)39(26)40)54-43(62)25(5)51-45(64)41(23(2)3)55-44(63)32(14-17-38(61)69-48(6,7)8)52-35(58)11-10-18-56-36(59)15-16-37(56)60/h15-16,19-20,23,25,31-32,41,67H,9-14,17-18,21-22H2,1-8H3,(H,51,64)(H,52,58)(H,54,62)(H,55,63)/t25-,31+,32+,41+,49+/m1/s1. The molecule has 0 spiro atoms. The van der Waals surface area contributed by atoms with Gasteiger partial charge in [-0.15, -0.1) is 0 Å². The summed E-state index contributed by atoms with van der Waals surface area (Å²) in [7, 11) is 0. The second-order valence-corrected chi connectivity index (χ2v) is 19.4. The van der Waals surface area contributed by atoms with Crippen molar-refractivity contribution in [2.24, 2.45) is 5.92 Å². The van der Waals surface area contributed by atoms with Crippen molar-refractivity contribution in [3.05, 3.63) is 73.8 Å². The van der Waals surface area contributed by atoms with Gasteiger partial charge in [-0.2, -0.15) is 0 Å². The van der Waals surface area contributed by atoms with Crippen LogP contribution in [-0.4, -0.2) is 97.2 Å². The summed E-state index contributed by atoms with van der Waals surface area (Å²) < 4.78 is 27.6. The van der Waals surface area contributed by atoms with Crippen molar-refractivity contribution in [2.45, 2.75) is 149 Å². The van der Waals surface area contributed by atoms with E-state index in [1.165, 1.54) is 17.6 Å². The number of aliphatic hydroxyl groups is 1. The number of amides is 6. The van der Waals surface area contributed by atoms with E-state index in [9.17, 15) is 48.3 Å². The number of imide groups is 1. The van der Waals surface area contributed by atoms with Crippen LogP contribution in [0.3, 0.4) is 0 Å². The Morgan fingerprint density at radius 1 is 0.957 bits per heavy atom. The minimum absolute atomic E-state index is 0.0232. The summed E-state index contributed by atoms with van der Waals surface area (Å²) in [5.74, 6) is -6.21. The highest BCUT2D eigenvalue weighted by atomic mass is 19.1. The Bertz CT molecular complexity index is 2780. The third-order valence-electron chi connectivity index (χ3n) is 13.1. The van der Waals surface area contributed by atoms with Crippen molar-refractivity contribution in [1.82, 2.24) is 35.7 Å². The second kappa shape index (κ2) is 19.3. The molecule has 19 nitrogen and oxygen atoms in total. The molecule has 5 heterocycles. The molecule has 1 aromatic carbocycles. The number of nitrogens with zero attached hydrogens (tertiary/aromatic N) is 3. The van der Waals surface area contributed by atoms with Crippen LogP contribution < -0.4 is 26.8 Å². The van der Waals surface area contributed by atoms with Crippen LogP contribution in [0.1, 0.15) is 126 Å². The lowest BCUT2D eigenvalue weighted by atomic mass is 9.81. The molecular weight excluding hydrogens is 898 g/mol. The summed E-state index contributed by atoms with van der Waals surface area (Å²) in [5, 5.41) is 23.1. The van der Waals surface area contributed by atoms with Gasteiger partial charge >= 0.3 is 11.9 Å². The maximum atomic E-state index is 15.5. The number of hydrogen-bond acceptors (Lipinski definition) is 13. The van der Waals surface area contributed by atoms with E-state index >= 15 is 4.39 Å². The first-order chi connectivity index (χ1) is 32.4. The smallest absolute Gasteiger partial charge is 0.343 e. The van der Waals surface area contributed by atoms with Crippen LogP contribution in [0.4, 0.5) is 4.39 Å². The molecule has 6 amide bonds. The van der Waals surface area contributed by atoms with Crippen LogP contribution in [0.5, 0.6) is 0 Å². The molecule has 5 N–H and O–H groups in total. The van der Waals surface area contributed by atoms with Crippen LogP contribution in [0.2, 0.25) is 0 Å². The molecule has 3 aliphatic heterocycles. The minimum Gasteiger partial charge on any atom is -0.460 e. The SMILES string of the molecule is CC[C@@]1(O)C(=O)OCc2c1cc1n(c2=O)Cc2c-1nc1cc(F)c(C)c3c1c2[C@@H](NC(=O)[C@@H](C)NC(=O)[C@@H](NC(=O)[C@H](CCC(=O)OC(C)(C)C)NC(=O)CCCN1C(=O)C=CC1=O)C(C)C)CC3. The fourth-order valence-electron chi connectivity index (χ4n) is 9.39. The zero-order chi connectivity index (χ0) is 50.4. The van der Waals surface area contributed by atoms with E-state index in [0.29, 0.717) is 51.9 Å². The van der Waals surface area contributed by atoms with Gasteiger partial charge in [0.05, 0.1) is 35.1 Å². The predicted octanol–water partition coefficient (Wildman–Crippen LogP) is 2.59. The number of ether oxygens (including phenoxy) is 2. The number of benzene rings is 1. The molecule has 0 radical (unpaired) electrons. The molecule has 7 rings (SSSR count). The minimum atomic E-state index is -2.07. The molecule has 2 aromatic heterocycles. The number of pyridine rings is 2. The summed E-state index contributed by atoms with van der Waals surface area (Å²) in [5.41, 5.74) is 0.124. The Labute approximate surface area is 396 Å². The van der Waals surface area contributed by atoms with Crippen molar-refractivity contribution in [3.63, 3.8) is 0 Å². The summed E-state index contributed by atoms with van der Waals surface area (Å²) in [6.45, 7) is 12.8. The van der Waals surface area contributed by atoms with E-state index < -0.39 is 100 Å². The maximum Gasteiger partial charge on any atom is 0.343 e. The summed E-state index contributed by atoms with van der Waals surface area (Å²) >= 11 is 0. The number of fused-ring (bicyclic) bond motifs is 5. The second-order valence-electron chi connectivity index (χ2n) is 19.4. The molecule has 0 saturated carbocycles. The maximum absolute atomic E-state index is 15.5. The summed E-state index contributed by atoms with van der Waals surface area (Å²) in [6.07, 6.45) is 2.37. The monoisotopic (exact) mass is 955 g/mol. The van der Waals surface area contributed by atoms with Crippen LogP contribution in [0.15, 0.2) is 29.1 Å². The number of nitrogens with one attached hydrogen (secondary N) is 4. The van der Waals surface area contributed by atoms with Crippen LogP contribution in [0.25, 0.3) is 22.3 Å². The molecule has 20 heteroatoms. The molecule has 5 atom stereocenters. The van der Waals surface area contributed by atoms with E-state index in [0.717, 1.165) is 17.1 Å². The van der Waals surface area contributed by atoms with Gasteiger partial charge in [-0.05, 0) is 95.4 Å². The first-order valence-electron chi connectivity index (χ1n) is 23.2. The Morgan fingerprint density at radius 2 is 1.65 bits per heavy atom. The molecule has 69 heavy (non-hydrogen) atoms. The van der Waals surface area contributed by atoms with Gasteiger partial charge in [0.1, 0.15) is 36.2 Å². The number of hydrogen-bond donors (Lipinski definition) is 5. The Balaban J connectivity index is 1.09. The lowest BCUT2D eigenvalue weighted by Gasteiger charge is -2.31. The van der Waals surface area contributed by atoms with E-state index in [-0.39, 0.29) is 68.4 Å². The Kier molecular flexibility index (Phi) is 14.0. The third kappa shape index (κ3) is 9.89. The van der Waals surface area contributed by atoms with Crippen molar-refractivity contribution in [2.75, 3.05) is 6.54 Å². The van der Waals surface area contributed by atoms with E-state index in [1.54, 1.807) is 54.5 Å². The zero-order valence-electron chi connectivity index (χ0n) is 39.9. The normalized spacial score (nSPS) is 19.3. The highest BCUT2D eigenvalue weighted by Gasteiger charge is 2.46. The van der Waals surface area contributed by atoms with Crippen LogP contribution in [0, 0.1) is 18.7 Å². The number of aromatic nitrogens is 2. The third-order valence-corrected chi connectivity index (χ3v) is 13.1. The summed E-state index contributed by atoms with van der Waals surface area (Å²) in [6, 6.07) is -1.53. The first-order valence-corrected chi connectivity index (χ1v) is 23.2. The van der Waals surface area contributed by atoms with Crippen LogP contribution >= 0.6 is 0 Å². The average Bonchev–Trinajstić information content (AvgIpc) is 3.81. The van der Waals surface area contributed by atoms with Gasteiger partial charge in [-0.25, -0.2) is 14.2 Å². The lowest BCUT2D eigenvalue weighted by molar-refractivity contribution is -0.172. The number of halogens is 1. The number of carbonyl (C=O) groups excluding carboxylic acids is 8. The largest absolute Gasteiger partial charge is 0.460 e. The van der Waals surface area contributed by atoms with Gasteiger partial charge in [-0.3, -0.25) is 43.3 Å². The molecule has 0 bridgehead atoms. The highest BCUT2D eigenvalue weighted by Crippen LogP contribution is 2.46. The summed E-state index contributed by atoms with van der Waals surface area (Å²) in [4.78, 5) is 124.